The third-order valence-electron chi connectivity index (χ3n) is 2.33. The fourth-order valence-electron chi connectivity index (χ4n) is 1.43. The molecule has 0 spiro atoms. The summed E-state index contributed by atoms with van der Waals surface area (Å²) in [6.07, 6.45) is -0.714. The van der Waals surface area contributed by atoms with Crippen LogP contribution < -0.4 is 10.1 Å². The fraction of sp³-hybridized carbons (Fsp3) is 0.400. The number of esters is 1. The Kier molecular flexibility index (Phi) is 6.06. The summed E-state index contributed by atoms with van der Waals surface area (Å²) >= 11 is 0. The van der Waals surface area contributed by atoms with Crippen molar-refractivity contribution in [1.82, 2.24) is 5.32 Å². The molecule has 1 amide bonds. The lowest BCUT2D eigenvalue weighted by molar-refractivity contribution is -0.133. The summed E-state index contributed by atoms with van der Waals surface area (Å²) in [6, 6.07) is 5.72. The Balaban J connectivity index is 2.45. The van der Waals surface area contributed by atoms with Crippen molar-refractivity contribution in [1.29, 1.82) is 0 Å². The van der Waals surface area contributed by atoms with Gasteiger partial charge in [0, 0.05) is 5.56 Å². The van der Waals surface area contributed by atoms with Crippen LogP contribution >= 0.6 is 0 Å². The van der Waals surface area contributed by atoms with E-state index in [-0.39, 0.29) is 12.3 Å². The van der Waals surface area contributed by atoms with E-state index in [1.807, 2.05) is 0 Å². The number of ether oxygens (including phenoxy) is 2. The zero-order valence-electron chi connectivity index (χ0n) is 12.7. The first-order valence-electron chi connectivity index (χ1n) is 6.63. The molecule has 0 saturated carbocycles. The Morgan fingerprint density at radius 2 is 1.73 bits per heavy atom. The van der Waals surface area contributed by atoms with Crippen LogP contribution in [-0.4, -0.2) is 41.7 Å². The van der Waals surface area contributed by atoms with E-state index in [1.54, 1.807) is 20.8 Å². The van der Waals surface area contributed by atoms with Gasteiger partial charge in [0.1, 0.15) is 24.5 Å². The monoisotopic (exact) mass is 309 g/mol. The van der Waals surface area contributed by atoms with Gasteiger partial charge in [0.25, 0.3) is 0 Å². The van der Waals surface area contributed by atoms with E-state index >= 15 is 0 Å². The number of aliphatic hydroxyl groups is 1. The largest absolute Gasteiger partial charge is 0.444 e. The zero-order valence-corrected chi connectivity index (χ0v) is 12.7. The van der Waals surface area contributed by atoms with Gasteiger partial charge in [-0.25, -0.2) is 9.59 Å². The number of ketones is 1. The number of alkyl carbamates (subject to hydrolysis) is 1. The van der Waals surface area contributed by atoms with E-state index in [0.717, 1.165) is 0 Å². The number of hydrogen-bond acceptors (Lipinski definition) is 6. The molecule has 0 unspecified atom stereocenters. The molecule has 0 aliphatic heterocycles. The molecule has 0 aliphatic rings. The molecule has 0 bridgehead atoms. The SMILES string of the molecule is CC(C)(C)OC(=O)NCC(=O)Oc1ccc(C(=O)CO)cc1. The highest BCUT2D eigenvalue weighted by Gasteiger charge is 2.17. The van der Waals surface area contributed by atoms with Crippen LogP contribution in [0.2, 0.25) is 0 Å². The molecule has 1 aromatic rings. The van der Waals surface area contributed by atoms with Crippen LogP contribution in [0.5, 0.6) is 5.75 Å². The van der Waals surface area contributed by atoms with Crippen molar-refractivity contribution in [3.63, 3.8) is 0 Å². The Labute approximate surface area is 128 Å². The van der Waals surface area contributed by atoms with Crippen LogP contribution in [0.15, 0.2) is 24.3 Å². The quantitative estimate of drug-likeness (QED) is 0.483. The van der Waals surface area contributed by atoms with Gasteiger partial charge in [0.2, 0.25) is 0 Å². The molecule has 2 N–H and O–H groups in total. The van der Waals surface area contributed by atoms with E-state index in [4.69, 9.17) is 14.6 Å². The van der Waals surface area contributed by atoms with Crippen LogP contribution in [0.25, 0.3) is 0 Å². The molecule has 22 heavy (non-hydrogen) atoms. The first-order chi connectivity index (χ1) is 10.2. The minimum absolute atomic E-state index is 0.227. The van der Waals surface area contributed by atoms with Crippen molar-refractivity contribution < 1.29 is 29.0 Å². The van der Waals surface area contributed by atoms with Crippen molar-refractivity contribution in [3.05, 3.63) is 29.8 Å². The van der Waals surface area contributed by atoms with Crippen LogP contribution in [0.1, 0.15) is 31.1 Å². The number of rotatable bonds is 5. The summed E-state index contributed by atoms with van der Waals surface area (Å²) < 4.78 is 9.95. The van der Waals surface area contributed by atoms with Gasteiger partial charge in [-0.1, -0.05) is 0 Å². The van der Waals surface area contributed by atoms with E-state index < -0.39 is 30.1 Å². The lowest BCUT2D eigenvalue weighted by atomic mass is 10.1. The number of amides is 1. The maximum Gasteiger partial charge on any atom is 0.408 e. The molecule has 1 aromatic carbocycles. The van der Waals surface area contributed by atoms with Crippen LogP contribution in [-0.2, 0) is 9.53 Å². The number of aliphatic hydroxyl groups excluding tert-OH is 1. The van der Waals surface area contributed by atoms with Gasteiger partial charge in [0.05, 0.1) is 0 Å². The van der Waals surface area contributed by atoms with E-state index in [2.05, 4.69) is 5.32 Å². The summed E-state index contributed by atoms with van der Waals surface area (Å²) in [5.41, 5.74) is -0.336. The smallest absolute Gasteiger partial charge is 0.408 e. The Bertz CT molecular complexity index is 544. The molecule has 0 saturated heterocycles. The second kappa shape index (κ2) is 7.56. The molecule has 0 atom stereocenters. The van der Waals surface area contributed by atoms with Crippen molar-refractivity contribution in [2.24, 2.45) is 0 Å². The second-order valence-corrected chi connectivity index (χ2v) is 5.44. The Hall–Kier alpha value is -2.41. The molecule has 0 radical (unpaired) electrons. The molecular weight excluding hydrogens is 290 g/mol. The first-order valence-corrected chi connectivity index (χ1v) is 6.63. The molecular formula is C15H19NO6. The highest BCUT2D eigenvalue weighted by molar-refractivity contribution is 5.97. The maximum atomic E-state index is 11.6. The summed E-state index contributed by atoms with van der Waals surface area (Å²) in [6.45, 7) is 4.20. The van der Waals surface area contributed by atoms with E-state index in [9.17, 15) is 14.4 Å². The van der Waals surface area contributed by atoms with E-state index in [1.165, 1.54) is 24.3 Å². The van der Waals surface area contributed by atoms with Gasteiger partial charge < -0.3 is 19.9 Å². The predicted octanol–water partition coefficient (Wildman–Crippen LogP) is 1.29. The predicted molar refractivity (Wildman–Crippen MR) is 77.7 cm³/mol. The summed E-state index contributed by atoms with van der Waals surface area (Å²) in [5.74, 6) is -0.873. The maximum absolute atomic E-state index is 11.6. The molecule has 7 heteroatoms. The zero-order chi connectivity index (χ0) is 16.8. The van der Waals surface area contributed by atoms with Crippen LogP contribution in [0.4, 0.5) is 4.79 Å². The van der Waals surface area contributed by atoms with Gasteiger partial charge in [-0.15, -0.1) is 0 Å². The molecule has 7 nitrogen and oxygen atoms in total. The van der Waals surface area contributed by atoms with Crippen molar-refractivity contribution in [2.75, 3.05) is 13.2 Å². The van der Waals surface area contributed by atoms with Gasteiger partial charge >= 0.3 is 12.1 Å². The molecule has 120 valence electrons. The lowest BCUT2D eigenvalue weighted by Gasteiger charge is -2.19. The summed E-state index contributed by atoms with van der Waals surface area (Å²) in [7, 11) is 0. The highest BCUT2D eigenvalue weighted by atomic mass is 16.6. The molecule has 0 aromatic heterocycles. The van der Waals surface area contributed by atoms with Crippen LogP contribution in [0, 0.1) is 0 Å². The van der Waals surface area contributed by atoms with Crippen LogP contribution in [0.3, 0.4) is 0 Å². The van der Waals surface area contributed by atoms with Crippen molar-refractivity contribution >= 4 is 17.8 Å². The van der Waals surface area contributed by atoms with Gasteiger partial charge in [-0.2, -0.15) is 0 Å². The number of carbonyl (C=O) groups is 3. The van der Waals surface area contributed by atoms with Gasteiger partial charge in [-0.3, -0.25) is 4.79 Å². The Morgan fingerprint density at radius 1 is 1.14 bits per heavy atom. The van der Waals surface area contributed by atoms with Crippen molar-refractivity contribution in [3.8, 4) is 5.75 Å². The normalized spacial score (nSPS) is 10.7. The standard InChI is InChI=1S/C15H19NO6/c1-15(2,3)22-14(20)16-8-13(19)21-11-6-4-10(5-7-11)12(18)9-17/h4-7,17H,8-9H2,1-3H3,(H,16,20). The molecule has 0 aliphatic carbocycles. The third kappa shape index (κ3) is 6.36. The average molecular weight is 309 g/mol. The van der Waals surface area contributed by atoms with Gasteiger partial charge in [-0.05, 0) is 45.0 Å². The number of nitrogens with one attached hydrogen (secondary N) is 1. The van der Waals surface area contributed by atoms with Crippen molar-refractivity contribution in [2.45, 2.75) is 26.4 Å². The number of benzene rings is 1. The second-order valence-electron chi connectivity index (χ2n) is 5.44. The fourth-order valence-corrected chi connectivity index (χ4v) is 1.43. The third-order valence-corrected chi connectivity index (χ3v) is 2.33. The summed E-state index contributed by atoms with van der Waals surface area (Å²) in [5, 5.41) is 11.0. The van der Waals surface area contributed by atoms with Gasteiger partial charge in [0.15, 0.2) is 5.78 Å². The highest BCUT2D eigenvalue weighted by Crippen LogP contribution is 2.12. The lowest BCUT2D eigenvalue weighted by Crippen LogP contribution is -2.36. The average Bonchev–Trinajstić information content (AvgIpc) is 2.43. The summed E-state index contributed by atoms with van der Waals surface area (Å²) in [4.78, 5) is 34.1. The number of Topliss-reactive ketones (excluding diaryl/α,β-unsaturated/α-hetero) is 1. The molecule has 0 heterocycles. The number of carbonyl (C=O) groups excluding carboxylic acids is 3. The topological polar surface area (TPSA) is 102 Å². The minimum atomic E-state index is -0.714. The Morgan fingerprint density at radius 3 is 2.23 bits per heavy atom. The number of hydrogen-bond donors (Lipinski definition) is 2. The molecule has 1 rings (SSSR count). The van der Waals surface area contributed by atoms with E-state index in [0.29, 0.717) is 5.56 Å². The molecule has 0 fully saturated rings. The minimum Gasteiger partial charge on any atom is -0.444 e. The first kappa shape index (κ1) is 17.6.